The third kappa shape index (κ3) is 2.83. The van der Waals surface area contributed by atoms with Gasteiger partial charge in [-0.05, 0) is 68.7 Å². The van der Waals surface area contributed by atoms with E-state index in [0.29, 0.717) is 6.04 Å². The number of nitrogens with zero attached hydrogens (tertiary/aromatic N) is 2. The minimum atomic E-state index is -0.00191. The first-order valence-corrected chi connectivity index (χ1v) is 9.38. The van der Waals surface area contributed by atoms with Crippen LogP contribution in [0.15, 0.2) is 18.2 Å². The lowest BCUT2D eigenvalue weighted by molar-refractivity contribution is 0.0780. The van der Waals surface area contributed by atoms with Crippen molar-refractivity contribution in [2.24, 2.45) is 5.92 Å². The van der Waals surface area contributed by atoms with Gasteiger partial charge in [0.25, 0.3) is 0 Å². The van der Waals surface area contributed by atoms with E-state index in [0.717, 1.165) is 43.0 Å². The molecule has 0 radical (unpaired) electrons. The second-order valence-corrected chi connectivity index (χ2v) is 7.96. The molecule has 4 rings (SSSR count). The maximum absolute atomic E-state index is 14.1. The van der Waals surface area contributed by atoms with Crippen LogP contribution in [0.5, 0.6) is 0 Å². The van der Waals surface area contributed by atoms with Crippen LogP contribution in [0.1, 0.15) is 50.2 Å². The van der Waals surface area contributed by atoms with Gasteiger partial charge >= 0.3 is 0 Å². The molecule has 1 aromatic carbocycles. The van der Waals surface area contributed by atoms with Crippen LogP contribution in [0, 0.1) is 11.7 Å². The van der Waals surface area contributed by atoms with E-state index in [9.17, 15) is 4.39 Å². The normalized spacial score (nSPS) is 34.6. The van der Waals surface area contributed by atoms with Gasteiger partial charge in [-0.2, -0.15) is 0 Å². The minimum absolute atomic E-state index is 0.00191. The molecule has 0 aliphatic carbocycles. The fraction of sp³-hybridized carbons (Fsp3) is 0.700. The molecular weight excluding hydrogens is 287 g/mol. The quantitative estimate of drug-likeness (QED) is 0.836. The van der Waals surface area contributed by atoms with E-state index in [-0.39, 0.29) is 5.82 Å². The van der Waals surface area contributed by atoms with Crippen LogP contribution in [0.2, 0.25) is 0 Å². The minimum Gasteiger partial charge on any atom is -0.300 e. The zero-order valence-corrected chi connectivity index (χ0v) is 14.5. The van der Waals surface area contributed by atoms with Crippen LogP contribution >= 0.6 is 0 Å². The summed E-state index contributed by atoms with van der Waals surface area (Å²) in [6.45, 7) is 4.39. The van der Waals surface area contributed by atoms with E-state index in [1.54, 1.807) is 6.07 Å². The molecule has 2 saturated heterocycles. The fourth-order valence-corrected chi connectivity index (χ4v) is 5.31. The predicted molar refractivity (Wildman–Crippen MR) is 91.9 cm³/mol. The summed E-state index contributed by atoms with van der Waals surface area (Å²) in [6, 6.07) is 7.75. The van der Waals surface area contributed by atoms with Crippen LogP contribution in [0.3, 0.4) is 0 Å². The Morgan fingerprint density at radius 1 is 1.17 bits per heavy atom. The third-order valence-electron chi connectivity index (χ3n) is 6.71. The van der Waals surface area contributed by atoms with Crippen molar-refractivity contribution in [2.75, 3.05) is 13.6 Å². The molecule has 2 nitrogen and oxygen atoms in total. The Balaban J connectivity index is 1.48. The van der Waals surface area contributed by atoms with E-state index >= 15 is 0 Å². The Bertz CT molecular complexity index is 559. The van der Waals surface area contributed by atoms with Gasteiger partial charge in [0, 0.05) is 31.2 Å². The van der Waals surface area contributed by atoms with Crippen molar-refractivity contribution in [3.05, 3.63) is 35.1 Å². The zero-order valence-electron chi connectivity index (χ0n) is 14.5. The Morgan fingerprint density at radius 2 is 1.91 bits per heavy atom. The summed E-state index contributed by atoms with van der Waals surface area (Å²) >= 11 is 0. The molecule has 23 heavy (non-hydrogen) atoms. The zero-order chi connectivity index (χ0) is 16.0. The summed E-state index contributed by atoms with van der Waals surface area (Å²) in [5.41, 5.74) is 2.18. The van der Waals surface area contributed by atoms with Gasteiger partial charge in [-0.3, -0.25) is 4.90 Å². The number of hydrogen-bond donors (Lipinski definition) is 0. The number of halogens is 1. The lowest BCUT2D eigenvalue weighted by Gasteiger charge is -2.42. The first kappa shape index (κ1) is 15.6. The van der Waals surface area contributed by atoms with E-state index < -0.39 is 0 Å². The van der Waals surface area contributed by atoms with Gasteiger partial charge in [0.1, 0.15) is 5.82 Å². The Hall–Kier alpha value is -0.930. The van der Waals surface area contributed by atoms with Crippen LogP contribution in [-0.2, 0) is 13.0 Å². The molecule has 2 bridgehead atoms. The molecule has 0 aromatic heterocycles. The lowest BCUT2D eigenvalue weighted by Crippen LogP contribution is -2.47. The van der Waals surface area contributed by atoms with Crippen LogP contribution in [0.4, 0.5) is 4.39 Å². The molecule has 126 valence electrons. The Kier molecular flexibility index (Phi) is 4.19. The third-order valence-corrected chi connectivity index (χ3v) is 6.71. The fourth-order valence-electron chi connectivity index (χ4n) is 5.31. The molecule has 0 spiro atoms. The first-order chi connectivity index (χ1) is 11.2. The van der Waals surface area contributed by atoms with E-state index in [2.05, 4.69) is 29.8 Å². The van der Waals surface area contributed by atoms with Crippen molar-refractivity contribution in [3.63, 3.8) is 0 Å². The highest BCUT2D eigenvalue weighted by Gasteiger charge is 2.39. The number of piperidine rings is 1. The standard InChI is InChI=1S/C20H29FN2/c1-3-16-11-19-15(5-4-6-20(19)21)13-23(16)12-14-9-17-7-8-18(10-14)22(17)2/h4-6,14,16-18H,3,7-13H2,1-2H3/t14?,16-,17?,18?/m0/s1. The van der Waals surface area contributed by atoms with Gasteiger partial charge in [0.05, 0.1) is 0 Å². The predicted octanol–water partition coefficient (Wildman–Crippen LogP) is 3.84. The Morgan fingerprint density at radius 3 is 2.61 bits per heavy atom. The molecule has 3 heteroatoms. The summed E-state index contributed by atoms with van der Waals surface area (Å²) in [7, 11) is 2.31. The van der Waals surface area contributed by atoms with Crippen molar-refractivity contribution >= 4 is 0 Å². The maximum atomic E-state index is 14.1. The second-order valence-electron chi connectivity index (χ2n) is 7.96. The molecule has 2 unspecified atom stereocenters. The topological polar surface area (TPSA) is 6.48 Å². The summed E-state index contributed by atoms with van der Waals surface area (Å²) in [5, 5.41) is 0. The maximum Gasteiger partial charge on any atom is 0.126 e. The summed E-state index contributed by atoms with van der Waals surface area (Å²) < 4.78 is 14.1. The monoisotopic (exact) mass is 316 g/mol. The van der Waals surface area contributed by atoms with Crippen LogP contribution < -0.4 is 0 Å². The highest BCUT2D eigenvalue weighted by atomic mass is 19.1. The van der Waals surface area contributed by atoms with Crippen LogP contribution in [0.25, 0.3) is 0 Å². The van der Waals surface area contributed by atoms with Crippen molar-refractivity contribution in [1.82, 2.24) is 9.80 Å². The van der Waals surface area contributed by atoms with Gasteiger partial charge in [0.15, 0.2) is 0 Å². The van der Waals surface area contributed by atoms with Crippen LogP contribution in [-0.4, -0.2) is 41.5 Å². The molecular formula is C20H29FN2. The molecule has 0 N–H and O–H groups in total. The molecule has 0 saturated carbocycles. The van der Waals surface area contributed by atoms with Gasteiger partial charge < -0.3 is 4.90 Å². The highest BCUT2D eigenvalue weighted by molar-refractivity contribution is 5.31. The Labute approximate surface area is 139 Å². The summed E-state index contributed by atoms with van der Waals surface area (Å²) in [4.78, 5) is 5.27. The molecule has 0 amide bonds. The van der Waals surface area contributed by atoms with Crippen molar-refractivity contribution < 1.29 is 4.39 Å². The average Bonchev–Trinajstić information content (AvgIpc) is 2.76. The summed E-state index contributed by atoms with van der Waals surface area (Å²) in [5.74, 6) is 0.825. The summed E-state index contributed by atoms with van der Waals surface area (Å²) in [6.07, 6.45) is 7.50. The van der Waals surface area contributed by atoms with E-state index in [4.69, 9.17) is 0 Å². The average molecular weight is 316 g/mol. The number of fused-ring (bicyclic) bond motifs is 3. The van der Waals surface area contributed by atoms with Crippen molar-refractivity contribution in [3.8, 4) is 0 Å². The molecule has 3 aliphatic heterocycles. The molecule has 3 aliphatic rings. The van der Waals surface area contributed by atoms with Gasteiger partial charge in [-0.25, -0.2) is 4.39 Å². The van der Waals surface area contributed by atoms with Gasteiger partial charge in [-0.1, -0.05) is 19.1 Å². The smallest absolute Gasteiger partial charge is 0.126 e. The first-order valence-electron chi connectivity index (χ1n) is 9.38. The van der Waals surface area contributed by atoms with Crippen molar-refractivity contribution in [1.29, 1.82) is 0 Å². The lowest BCUT2D eigenvalue weighted by atomic mass is 9.87. The molecule has 3 heterocycles. The van der Waals surface area contributed by atoms with Crippen molar-refractivity contribution in [2.45, 2.75) is 70.1 Å². The largest absolute Gasteiger partial charge is 0.300 e. The molecule has 2 fully saturated rings. The van der Waals surface area contributed by atoms with E-state index in [1.807, 2.05) is 6.07 Å². The number of rotatable bonds is 3. The number of hydrogen-bond acceptors (Lipinski definition) is 2. The SMILES string of the molecule is CC[C@H]1Cc2c(F)cccc2CN1CC1CC2CCC(C1)N2C. The molecule has 1 aromatic rings. The molecule has 3 atom stereocenters. The van der Waals surface area contributed by atoms with Gasteiger partial charge in [0.2, 0.25) is 0 Å². The second kappa shape index (κ2) is 6.18. The van der Waals surface area contributed by atoms with Gasteiger partial charge in [-0.15, -0.1) is 0 Å². The highest BCUT2D eigenvalue weighted by Crippen LogP contribution is 2.38. The number of benzene rings is 1. The van der Waals surface area contributed by atoms with E-state index in [1.165, 1.54) is 37.8 Å².